The molecule has 2 aromatic heterocycles. The lowest BCUT2D eigenvalue weighted by Gasteiger charge is -2.31. The van der Waals surface area contributed by atoms with Crippen LogP contribution in [0.3, 0.4) is 0 Å². The van der Waals surface area contributed by atoms with Gasteiger partial charge >= 0.3 is 5.97 Å². The van der Waals surface area contributed by atoms with E-state index in [1.807, 2.05) is 63.2 Å². The Labute approximate surface area is 199 Å². The first kappa shape index (κ1) is 24.7. The zero-order valence-corrected chi connectivity index (χ0v) is 19.8. The Morgan fingerprint density at radius 3 is 2.00 bits per heavy atom. The minimum atomic E-state index is -1.11. The van der Waals surface area contributed by atoms with Gasteiger partial charge in [0.2, 0.25) is 11.8 Å². The Hall–Kier alpha value is -3.94. The van der Waals surface area contributed by atoms with Gasteiger partial charge in [0.15, 0.2) is 0 Å². The maximum atomic E-state index is 13.1. The SMILES string of the molecule is CNC(=O)C(NC(=O)C(CC(=O)O)n1ccc(-c2ccc(-c3ccncc3)cc2)c1)C(C)(C)C. The number of amides is 2. The van der Waals surface area contributed by atoms with Crippen molar-refractivity contribution in [1.82, 2.24) is 20.2 Å². The summed E-state index contributed by atoms with van der Waals surface area (Å²) in [7, 11) is 1.50. The first-order valence-electron chi connectivity index (χ1n) is 11.0. The summed E-state index contributed by atoms with van der Waals surface area (Å²) in [5.41, 5.74) is 3.34. The molecular formula is C26H30N4O4. The molecule has 0 aliphatic heterocycles. The second kappa shape index (κ2) is 10.3. The van der Waals surface area contributed by atoms with Crippen molar-refractivity contribution < 1.29 is 19.5 Å². The Kier molecular flexibility index (Phi) is 7.50. The molecule has 0 saturated carbocycles. The summed E-state index contributed by atoms with van der Waals surface area (Å²) < 4.78 is 1.58. The van der Waals surface area contributed by atoms with E-state index in [9.17, 15) is 19.5 Å². The van der Waals surface area contributed by atoms with Gasteiger partial charge < -0.3 is 20.3 Å². The van der Waals surface area contributed by atoms with Gasteiger partial charge in [-0.05, 0) is 45.9 Å². The molecule has 2 heterocycles. The molecule has 1 aromatic carbocycles. The van der Waals surface area contributed by atoms with Gasteiger partial charge in [0.25, 0.3) is 0 Å². The minimum absolute atomic E-state index is 0.336. The van der Waals surface area contributed by atoms with Crippen LogP contribution in [0.4, 0.5) is 0 Å². The average molecular weight is 463 g/mol. The van der Waals surface area contributed by atoms with E-state index in [2.05, 4.69) is 15.6 Å². The average Bonchev–Trinajstić information content (AvgIpc) is 3.30. The van der Waals surface area contributed by atoms with Crippen LogP contribution in [-0.2, 0) is 14.4 Å². The van der Waals surface area contributed by atoms with E-state index in [-0.39, 0.29) is 5.91 Å². The fraction of sp³-hybridized carbons (Fsp3) is 0.308. The lowest BCUT2D eigenvalue weighted by molar-refractivity contribution is -0.141. The quantitative estimate of drug-likeness (QED) is 0.474. The van der Waals surface area contributed by atoms with Gasteiger partial charge in [0.05, 0.1) is 6.42 Å². The number of carbonyl (C=O) groups excluding carboxylic acids is 2. The number of hydrogen-bond acceptors (Lipinski definition) is 4. The number of carbonyl (C=O) groups is 3. The van der Waals surface area contributed by atoms with Gasteiger partial charge in [-0.15, -0.1) is 0 Å². The van der Waals surface area contributed by atoms with E-state index in [0.717, 1.165) is 22.3 Å². The van der Waals surface area contributed by atoms with Crippen LogP contribution >= 0.6 is 0 Å². The fourth-order valence-corrected chi connectivity index (χ4v) is 3.73. The van der Waals surface area contributed by atoms with Crippen LogP contribution in [0.2, 0.25) is 0 Å². The van der Waals surface area contributed by atoms with Crippen molar-refractivity contribution in [2.45, 2.75) is 39.3 Å². The third kappa shape index (κ3) is 5.89. The number of nitrogens with one attached hydrogen (secondary N) is 2. The highest BCUT2D eigenvalue weighted by Crippen LogP contribution is 2.27. The number of hydrogen-bond donors (Lipinski definition) is 3. The van der Waals surface area contributed by atoms with Gasteiger partial charge in [0, 0.05) is 31.8 Å². The van der Waals surface area contributed by atoms with Crippen LogP contribution in [0.25, 0.3) is 22.3 Å². The van der Waals surface area contributed by atoms with Crippen LogP contribution in [0, 0.1) is 5.41 Å². The van der Waals surface area contributed by atoms with Crippen molar-refractivity contribution in [1.29, 1.82) is 0 Å². The molecule has 2 unspecified atom stereocenters. The van der Waals surface area contributed by atoms with Gasteiger partial charge in [0.1, 0.15) is 12.1 Å². The van der Waals surface area contributed by atoms with Crippen LogP contribution < -0.4 is 10.6 Å². The molecule has 8 nitrogen and oxygen atoms in total. The number of pyridine rings is 1. The number of rotatable bonds is 8. The predicted octanol–water partition coefficient (Wildman–Crippen LogP) is 3.51. The summed E-state index contributed by atoms with van der Waals surface area (Å²) in [4.78, 5) is 41.0. The number of likely N-dealkylation sites (N-methyl/N-ethyl adjacent to an activating group) is 1. The van der Waals surface area contributed by atoms with Crippen LogP contribution in [0.15, 0.2) is 67.3 Å². The molecule has 0 saturated heterocycles. The van der Waals surface area contributed by atoms with Gasteiger partial charge in [-0.1, -0.05) is 45.0 Å². The summed E-state index contributed by atoms with van der Waals surface area (Å²) in [6.45, 7) is 5.51. The van der Waals surface area contributed by atoms with E-state index >= 15 is 0 Å². The largest absolute Gasteiger partial charge is 0.481 e. The number of benzene rings is 1. The highest BCUT2D eigenvalue weighted by atomic mass is 16.4. The van der Waals surface area contributed by atoms with E-state index < -0.39 is 35.8 Å². The molecule has 34 heavy (non-hydrogen) atoms. The Balaban J connectivity index is 1.84. The number of nitrogens with zero attached hydrogens (tertiary/aromatic N) is 2. The molecule has 0 aliphatic carbocycles. The third-order valence-corrected chi connectivity index (χ3v) is 5.64. The molecule has 3 rings (SSSR count). The van der Waals surface area contributed by atoms with E-state index in [1.165, 1.54) is 7.05 Å². The summed E-state index contributed by atoms with van der Waals surface area (Å²) in [5.74, 6) is -1.97. The van der Waals surface area contributed by atoms with E-state index in [4.69, 9.17) is 0 Å². The van der Waals surface area contributed by atoms with Gasteiger partial charge in [-0.3, -0.25) is 19.4 Å². The zero-order chi connectivity index (χ0) is 24.9. The third-order valence-electron chi connectivity index (χ3n) is 5.64. The maximum Gasteiger partial charge on any atom is 0.306 e. The fourth-order valence-electron chi connectivity index (χ4n) is 3.73. The first-order chi connectivity index (χ1) is 16.1. The lowest BCUT2D eigenvalue weighted by Crippen LogP contribution is -2.54. The van der Waals surface area contributed by atoms with Gasteiger partial charge in [-0.25, -0.2) is 0 Å². The topological polar surface area (TPSA) is 113 Å². The standard InChI is InChI=1S/C26H30N4O4/c1-26(2,3)23(25(34)27-4)29-24(33)21(15-22(31)32)30-14-11-20(16-30)18-7-5-17(6-8-18)19-9-12-28-13-10-19/h5-14,16,21,23H,15H2,1-4H3,(H,27,34)(H,29,33)(H,31,32). The minimum Gasteiger partial charge on any atom is -0.481 e. The van der Waals surface area contributed by atoms with Crippen LogP contribution in [-0.4, -0.2) is 45.5 Å². The smallest absolute Gasteiger partial charge is 0.306 e. The van der Waals surface area contributed by atoms with Crippen molar-refractivity contribution >= 4 is 17.8 Å². The number of aromatic nitrogens is 2. The number of carboxylic acids is 1. The summed E-state index contributed by atoms with van der Waals surface area (Å²) in [6.07, 6.45) is 6.51. The number of carboxylic acid groups (broad SMARTS) is 1. The predicted molar refractivity (Wildman–Crippen MR) is 130 cm³/mol. The number of aliphatic carboxylic acids is 1. The molecule has 3 aromatic rings. The van der Waals surface area contributed by atoms with Crippen molar-refractivity contribution in [2.75, 3.05) is 7.05 Å². The molecule has 0 spiro atoms. The van der Waals surface area contributed by atoms with Crippen LogP contribution in [0.1, 0.15) is 33.2 Å². The molecule has 8 heteroatoms. The second-order valence-electron chi connectivity index (χ2n) is 9.20. The van der Waals surface area contributed by atoms with E-state index in [0.29, 0.717) is 0 Å². The molecule has 3 N–H and O–H groups in total. The molecule has 0 bridgehead atoms. The van der Waals surface area contributed by atoms with Crippen LogP contribution in [0.5, 0.6) is 0 Å². The monoisotopic (exact) mass is 462 g/mol. The highest BCUT2D eigenvalue weighted by molar-refractivity contribution is 5.91. The molecule has 0 radical (unpaired) electrons. The lowest BCUT2D eigenvalue weighted by atomic mass is 9.86. The van der Waals surface area contributed by atoms with Crippen molar-refractivity contribution in [3.63, 3.8) is 0 Å². The van der Waals surface area contributed by atoms with Gasteiger partial charge in [-0.2, -0.15) is 0 Å². The Morgan fingerprint density at radius 1 is 0.912 bits per heavy atom. The van der Waals surface area contributed by atoms with E-state index in [1.54, 1.807) is 29.4 Å². The Bertz CT molecular complexity index is 1150. The highest BCUT2D eigenvalue weighted by Gasteiger charge is 2.35. The van der Waals surface area contributed by atoms with Crippen molar-refractivity contribution in [3.05, 3.63) is 67.3 Å². The van der Waals surface area contributed by atoms with Crippen molar-refractivity contribution in [3.8, 4) is 22.3 Å². The molecule has 2 amide bonds. The summed E-state index contributed by atoms with van der Waals surface area (Å²) >= 11 is 0. The zero-order valence-electron chi connectivity index (χ0n) is 19.8. The maximum absolute atomic E-state index is 13.1. The molecule has 0 aliphatic rings. The normalized spacial score (nSPS) is 13.1. The molecular weight excluding hydrogens is 432 g/mol. The van der Waals surface area contributed by atoms with Crippen molar-refractivity contribution in [2.24, 2.45) is 5.41 Å². The first-order valence-corrected chi connectivity index (χ1v) is 11.0. The Morgan fingerprint density at radius 2 is 1.47 bits per heavy atom. The second-order valence-corrected chi connectivity index (χ2v) is 9.20. The summed E-state index contributed by atoms with van der Waals surface area (Å²) in [6, 6.07) is 11.8. The molecule has 2 atom stereocenters. The summed E-state index contributed by atoms with van der Waals surface area (Å²) in [5, 5.41) is 14.7. The molecule has 178 valence electrons. The molecule has 0 fully saturated rings.